The van der Waals surface area contributed by atoms with Crippen LogP contribution in [-0.4, -0.2) is 40.6 Å². The second-order valence-electron chi connectivity index (χ2n) is 8.73. The molecule has 4 aromatic rings. The first-order chi connectivity index (χ1) is 17.1. The normalized spacial score (nSPS) is 15.8. The van der Waals surface area contributed by atoms with E-state index in [1.165, 1.54) is 6.07 Å². The highest BCUT2D eigenvalue weighted by molar-refractivity contribution is 7.71. The highest BCUT2D eigenvalue weighted by Gasteiger charge is 2.35. The monoisotopic (exact) mass is 516 g/mol. The number of anilines is 1. The van der Waals surface area contributed by atoms with E-state index >= 15 is 0 Å². The van der Waals surface area contributed by atoms with Crippen LogP contribution < -0.4 is 15.8 Å². The van der Waals surface area contributed by atoms with Gasteiger partial charge in [-0.05, 0) is 35.9 Å². The summed E-state index contributed by atoms with van der Waals surface area (Å²) >= 11 is 0. The predicted molar refractivity (Wildman–Crippen MR) is 130 cm³/mol. The summed E-state index contributed by atoms with van der Waals surface area (Å²) in [4.78, 5) is 17.7. The summed E-state index contributed by atoms with van der Waals surface area (Å²) in [6.45, 7) is 0.392. The average Bonchev–Trinajstić information content (AvgIpc) is 2.87. The van der Waals surface area contributed by atoms with Crippen molar-refractivity contribution >= 4 is 29.0 Å². The van der Waals surface area contributed by atoms with E-state index in [1.54, 1.807) is 41.3 Å². The molecule has 0 atom stereocenters. The average molecular weight is 516 g/mol. The van der Waals surface area contributed by atoms with Gasteiger partial charge in [0, 0.05) is 48.7 Å². The lowest BCUT2D eigenvalue weighted by Crippen LogP contribution is -2.38. The van der Waals surface area contributed by atoms with Crippen LogP contribution in [0.25, 0.3) is 10.8 Å². The van der Waals surface area contributed by atoms with Crippen molar-refractivity contribution in [3.05, 3.63) is 93.8 Å². The van der Waals surface area contributed by atoms with E-state index in [1.807, 2.05) is 0 Å². The van der Waals surface area contributed by atoms with Gasteiger partial charge in [0.1, 0.15) is 18.8 Å². The lowest BCUT2D eigenvalue weighted by molar-refractivity contribution is -0.137. The quantitative estimate of drug-likeness (QED) is 0.318. The van der Waals surface area contributed by atoms with E-state index in [0.717, 1.165) is 18.3 Å². The Morgan fingerprint density at radius 3 is 2.44 bits per heavy atom. The van der Waals surface area contributed by atoms with Crippen LogP contribution in [0.3, 0.4) is 0 Å². The molecule has 186 valence electrons. The topological polar surface area (TPSA) is 79.0 Å². The maximum atomic E-state index is 14.9. The summed E-state index contributed by atoms with van der Waals surface area (Å²) in [7, 11) is -3.14. The first-order valence-electron chi connectivity index (χ1n) is 11.3. The Balaban J connectivity index is 1.38. The van der Waals surface area contributed by atoms with Crippen molar-refractivity contribution in [2.75, 3.05) is 30.3 Å². The van der Waals surface area contributed by atoms with Crippen LogP contribution in [0.1, 0.15) is 16.8 Å². The molecule has 0 amide bonds. The molecule has 3 heterocycles. The molecule has 2 aromatic heterocycles. The largest absolute Gasteiger partial charge is 0.416 e. The molecule has 6 nitrogen and oxygen atoms in total. The smallest absolute Gasteiger partial charge is 0.356 e. The molecule has 1 aliphatic heterocycles. The Bertz CT molecular complexity index is 1540. The predicted octanol–water partition coefficient (Wildman–Crippen LogP) is 4.58. The third-order valence-electron chi connectivity index (χ3n) is 6.46. The van der Waals surface area contributed by atoms with Gasteiger partial charge in [-0.3, -0.25) is 4.79 Å². The van der Waals surface area contributed by atoms with Crippen molar-refractivity contribution < 1.29 is 22.1 Å². The molecule has 1 saturated heterocycles. The second-order valence-corrected chi connectivity index (χ2v) is 11.9. The minimum atomic E-state index is -4.49. The third kappa shape index (κ3) is 4.65. The van der Waals surface area contributed by atoms with E-state index in [9.17, 15) is 26.9 Å². The van der Waals surface area contributed by atoms with Crippen LogP contribution in [0.15, 0.2) is 65.6 Å². The van der Waals surface area contributed by atoms with E-state index in [0.29, 0.717) is 28.5 Å². The van der Waals surface area contributed by atoms with Crippen LogP contribution in [0, 0.1) is 5.82 Å². The number of H-pyrrole nitrogens is 1. The standard InChI is InChI=1S/C25H21F4N4O2P/c26-20-6-5-16(13-21-18-3-1-2-4-19(18)24(34)32-31-21)14-22(20)36(35)11-9-33(10-12-36)23-15-17(7-8-30-23)25(27,28)29/h1-8,14-15H,9-13H2,(H,32,34). The number of alkyl halides is 3. The van der Waals surface area contributed by atoms with Crippen LogP contribution >= 0.6 is 7.14 Å². The Labute approximate surface area is 203 Å². The van der Waals surface area contributed by atoms with Crippen molar-refractivity contribution in [1.29, 1.82) is 0 Å². The molecule has 0 bridgehead atoms. The SMILES string of the molecule is O=c1[nH]nc(Cc2ccc(F)c(P3(=O)CCN(c4cc(C(F)(F)F)ccn4)CC3)c2)c2ccccc12. The number of aromatic nitrogens is 3. The van der Waals surface area contributed by atoms with Gasteiger partial charge in [0.2, 0.25) is 0 Å². The van der Waals surface area contributed by atoms with Gasteiger partial charge in [0.15, 0.2) is 0 Å². The molecule has 0 saturated carbocycles. The number of aromatic amines is 1. The number of fused-ring (bicyclic) bond motifs is 1. The molecule has 0 spiro atoms. The summed E-state index contributed by atoms with van der Waals surface area (Å²) in [6.07, 6.45) is -2.86. The molecule has 0 unspecified atom stereocenters. The van der Waals surface area contributed by atoms with Gasteiger partial charge >= 0.3 is 6.18 Å². The minimum Gasteiger partial charge on any atom is -0.356 e. The summed E-state index contributed by atoms with van der Waals surface area (Å²) < 4.78 is 67.9. The van der Waals surface area contributed by atoms with Crippen LogP contribution in [0.4, 0.5) is 23.4 Å². The third-order valence-corrected chi connectivity index (χ3v) is 9.52. The van der Waals surface area contributed by atoms with Gasteiger partial charge in [-0.1, -0.05) is 24.3 Å². The fourth-order valence-corrected chi connectivity index (χ4v) is 7.21. The fraction of sp³-hybridized carbons (Fsp3) is 0.240. The zero-order valence-electron chi connectivity index (χ0n) is 18.9. The molecule has 36 heavy (non-hydrogen) atoms. The Kier molecular flexibility index (Phi) is 6.16. The number of nitrogens with zero attached hydrogens (tertiary/aromatic N) is 3. The van der Waals surface area contributed by atoms with E-state index in [4.69, 9.17) is 0 Å². The van der Waals surface area contributed by atoms with Crippen LogP contribution in [0.5, 0.6) is 0 Å². The Morgan fingerprint density at radius 2 is 1.72 bits per heavy atom. The molecule has 2 aromatic carbocycles. The van der Waals surface area contributed by atoms with Crippen molar-refractivity contribution in [1.82, 2.24) is 15.2 Å². The van der Waals surface area contributed by atoms with Crippen molar-refractivity contribution in [2.45, 2.75) is 12.6 Å². The number of hydrogen-bond acceptors (Lipinski definition) is 5. The molecule has 0 aliphatic carbocycles. The number of pyridine rings is 1. The maximum Gasteiger partial charge on any atom is 0.416 e. The molecular weight excluding hydrogens is 495 g/mol. The fourth-order valence-electron chi connectivity index (χ4n) is 4.51. The summed E-state index contributed by atoms with van der Waals surface area (Å²) in [6, 6.07) is 13.4. The highest BCUT2D eigenvalue weighted by Crippen LogP contribution is 2.47. The maximum absolute atomic E-state index is 14.9. The van der Waals surface area contributed by atoms with Crippen molar-refractivity contribution in [2.24, 2.45) is 0 Å². The number of hydrogen-bond donors (Lipinski definition) is 1. The molecule has 0 radical (unpaired) electrons. The van der Waals surface area contributed by atoms with Gasteiger partial charge in [-0.2, -0.15) is 18.3 Å². The first kappa shape index (κ1) is 24.2. The van der Waals surface area contributed by atoms with Crippen LogP contribution in [-0.2, 0) is 17.2 Å². The lowest BCUT2D eigenvalue weighted by atomic mass is 10.0. The van der Waals surface area contributed by atoms with Crippen molar-refractivity contribution in [3.63, 3.8) is 0 Å². The van der Waals surface area contributed by atoms with Gasteiger partial charge in [-0.25, -0.2) is 14.5 Å². The number of benzene rings is 2. The number of halogens is 4. The summed E-state index contributed by atoms with van der Waals surface area (Å²) in [5, 5.41) is 7.94. The Hall–Kier alpha value is -3.52. The molecule has 5 rings (SSSR count). The molecular formula is C25H21F4N4O2P. The van der Waals surface area contributed by atoms with E-state index < -0.39 is 24.7 Å². The van der Waals surface area contributed by atoms with Crippen molar-refractivity contribution in [3.8, 4) is 0 Å². The number of rotatable bonds is 4. The highest BCUT2D eigenvalue weighted by atomic mass is 31.2. The van der Waals surface area contributed by atoms with E-state index in [2.05, 4.69) is 15.2 Å². The Morgan fingerprint density at radius 1 is 1.00 bits per heavy atom. The molecule has 1 N–H and O–H groups in total. The molecule has 1 fully saturated rings. The summed E-state index contributed by atoms with van der Waals surface area (Å²) in [5.74, 6) is -0.423. The van der Waals surface area contributed by atoms with Gasteiger partial charge in [-0.15, -0.1) is 0 Å². The number of nitrogens with one attached hydrogen (secondary N) is 1. The lowest BCUT2D eigenvalue weighted by Gasteiger charge is -2.33. The van der Waals surface area contributed by atoms with E-state index in [-0.39, 0.29) is 42.1 Å². The minimum absolute atomic E-state index is 0.116. The van der Waals surface area contributed by atoms with Gasteiger partial charge < -0.3 is 9.46 Å². The van der Waals surface area contributed by atoms with Gasteiger partial charge in [0.25, 0.3) is 5.56 Å². The zero-order chi connectivity index (χ0) is 25.5. The van der Waals surface area contributed by atoms with Crippen LogP contribution in [0.2, 0.25) is 0 Å². The molecule has 1 aliphatic rings. The zero-order valence-corrected chi connectivity index (χ0v) is 19.8. The molecule has 11 heteroatoms. The summed E-state index contributed by atoms with van der Waals surface area (Å²) in [5.41, 5.74) is 0.184. The van der Waals surface area contributed by atoms with Gasteiger partial charge in [0.05, 0.1) is 16.6 Å². The second kappa shape index (κ2) is 9.17. The first-order valence-corrected chi connectivity index (χ1v) is 13.3.